The maximum Gasteiger partial charge on any atom is 0.333 e. The van der Waals surface area contributed by atoms with E-state index in [1.165, 1.54) is 171 Å². The first-order valence-electron chi connectivity index (χ1n) is 27.8. The molecule has 0 spiro atoms. The van der Waals surface area contributed by atoms with Gasteiger partial charge >= 0.3 is 6.85 Å². The first-order chi connectivity index (χ1) is 35.5. The van der Waals surface area contributed by atoms with Crippen molar-refractivity contribution in [2.45, 2.75) is 87.9 Å². The Morgan fingerprint density at radius 2 is 1.01 bits per heavy atom. The maximum atomic E-state index is 7.25. The summed E-state index contributed by atoms with van der Waals surface area (Å²) in [7, 11) is 0. The molecule has 8 aliphatic carbocycles. The molecule has 0 unspecified atom stereocenters. The molecule has 0 N–H and O–H groups in total. The third-order valence-corrected chi connectivity index (χ3v) is 20.8. The van der Waals surface area contributed by atoms with Gasteiger partial charge in [-0.2, -0.15) is 0 Å². The summed E-state index contributed by atoms with van der Waals surface area (Å²) < 4.78 is 10.0. The highest BCUT2D eigenvalue weighted by Crippen LogP contribution is 2.63. The zero-order valence-corrected chi connectivity index (χ0v) is 40.9. The summed E-state index contributed by atoms with van der Waals surface area (Å²) in [6.45, 7) is -0.0824. The van der Waals surface area contributed by atoms with E-state index < -0.39 is 0 Å². The van der Waals surface area contributed by atoms with Crippen LogP contribution in [0.3, 0.4) is 0 Å². The van der Waals surface area contributed by atoms with Gasteiger partial charge in [-0.1, -0.05) is 109 Å². The van der Waals surface area contributed by atoms with Gasteiger partial charge in [0.2, 0.25) is 0 Å². The smallest absolute Gasteiger partial charge is 0.333 e. The molecule has 0 atom stereocenters. The van der Waals surface area contributed by atoms with Crippen molar-refractivity contribution >= 4 is 72.9 Å². The Balaban J connectivity index is 0.967. The fourth-order valence-electron chi connectivity index (χ4n) is 18.8. The van der Waals surface area contributed by atoms with Crippen molar-refractivity contribution in [3.63, 3.8) is 0 Å². The van der Waals surface area contributed by atoms with Crippen LogP contribution in [0.2, 0.25) is 0 Å². The van der Waals surface area contributed by atoms with Crippen LogP contribution in [0.4, 0.5) is 11.4 Å². The molecule has 4 heterocycles. The molecule has 2 aliphatic heterocycles. The van der Waals surface area contributed by atoms with Crippen LogP contribution in [0.25, 0.3) is 82.8 Å². The van der Waals surface area contributed by atoms with Gasteiger partial charge in [0, 0.05) is 49.7 Å². The van der Waals surface area contributed by atoms with Crippen LogP contribution < -0.4 is 15.7 Å². The second kappa shape index (κ2) is 14.0. The number of nitrogens with zero attached hydrogens (tertiary/aromatic N) is 2. The average Bonchev–Trinajstić information content (AvgIpc) is 3.95. The molecule has 2 aromatic heterocycles. The molecule has 10 aromatic rings. The second-order valence-corrected chi connectivity index (χ2v) is 24.9. The highest BCUT2D eigenvalue weighted by molar-refractivity contribution is 6.94. The molecule has 72 heavy (non-hydrogen) atoms. The number of benzene rings is 8. The number of anilines is 2. The number of rotatable bonds is 5. The SMILES string of the molecule is c1ccc(-c2ccc(N3B4c5c(cc6c(oc7ccccc76)c5-c5cc(-c6ccccc6)ccc53)-n3c5ccc(C67CC8CC(CC(C8)C6)C7)cc5c5cc(C67CC8CC(CC(C8)C6)C7)cc4c53)cc2)cc1. The Kier molecular flexibility index (Phi) is 7.76. The molecule has 348 valence electrons. The number of fused-ring (bicyclic) bond motifs is 11. The Morgan fingerprint density at radius 1 is 0.444 bits per heavy atom. The highest BCUT2D eigenvalue weighted by Gasteiger charge is 2.54. The van der Waals surface area contributed by atoms with E-state index in [2.05, 4.69) is 173 Å². The molecular weight excluding hydrogens is 872 g/mol. The van der Waals surface area contributed by atoms with E-state index in [0.29, 0.717) is 5.41 Å². The van der Waals surface area contributed by atoms with Crippen LogP contribution in [-0.4, -0.2) is 11.4 Å². The third-order valence-electron chi connectivity index (χ3n) is 20.8. The second-order valence-electron chi connectivity index (χ2n) is 24.9. The molecule has 0 amide bonds. The quantitative estimate of drug-likeness (QED) is 0.160. The standard InChI is InChI=1S/C68H57BN2O/c1-3-9-46(10-4-1)48-15-19-52(20-16-48)71-60-21-17-49(47-11-5-2-6-12-47)29-57(60)63-64-61(33-56-53-13-7-8-14-62(53)72-66(56)63)70-59-22-18-50(67-34-40-23-41(35-67)25-42(24-40)36-67)30-54(59)55-31-51(32-58(65(55)70)69(64)71)68-37-43-26-44(38-68)28-45(27-43)39-68/h1-22,29-33,40-45H,23-28,34-39H2. The normalized spacial score (nSPS) is 27.9. The van der Waals surface area contributed by atoms with E-state index in [0.717, 1.165) is 46.7 Å². The van der Waals surface area contributed by atoms with Crippen molar-refractivity contribution in [1.29, 1.82) is 0 Å². The summed E-state index contributed by atoms with van der Waals surface area (Å²) in [6.07, 6.45) is 17.0. The van der Waals surface area contributed by atoms with Crippen molar-refractivity contribution in [3.8, 4) is 39.1 Å². The first-order valence-corrected chi connectivity index (χ1v) is 27.8. The fourth-order valence-corrected chi connectivity index (χ4v) is 18.8. The predicted octanol–water partition coefficient (Wildman–Crippen LogP) is 16.2. The number of aromatic nitrogens is 1. The van der Waals surface area contributed by atoms with E-state index in [9.17, 15) is 0 Å². The zero-order valence-electron chi connectivity index (χ0n) is 40.9. The van der Waals surface area contributed by atoms with Crippen molar-refractivity contribution in [2.24, 2.45) is 35.5 Å². The number of furan rings is 1. The largest absolute Gasteiger partial charge is 0.455 e. The molecule has 3 nitrogen and oxygen atoms in total. The minimum atomic E-state index is -0.0824. The number of hydrogen-bond acceptors (Lipinski definition) is 2. The monoisotopic (exact) mass is 928 g/mol. The van der Waals surface area contributed by atoms with Crippen molar-refractivity contribution < 1.29 is 4.42 Å². The topological polar surface area (TPSA) is 21.3 Å². The predicted molar refractivity (Wildman–Crippen MR) is 298 cm³/mol. The molecule has 20 rings (SSSR count). The number of hydrogen-bond donors (Lipinski definition) is 0. The lowest BCUT2D eigenvalue weighted by Gasteiger charge is -2.57. The molecule has 0 radical (unpaired) electrons. The molecule has 8 bridgehead atoms. The summed E-state index contributed by atoms with van der Waals surface area (Å²) in [4.78, 5) is 2.75. The van der Waals surface area contributed by atoms with Crippen LogP contribution in [-0.2, 0) is 10.8 Å². The maximum absolute atomic E-state index is 7.25. The molecule has 8 fully saturated rings. The summed E-state index contributed by atoms with van der Waals surface area (Å²) in [5.41, 5.74) is 22.5. The van der Waals surface area contributed by atoms with Gasteiger partial charge in [-0.15, -0.1) is 0 Å². The van der Waals surface area contributed by atoms with Gasteiger partial charge in [0.25, 0.3) is 0 Å². The fraction of sp³-hybridized carbons (Fsp3) is 0.294. The summed E-state index contributed by atoms with van der Waals surface area (Å²) >= 11 is 0. The van der Waals surface area contributed by atoms with Gasteiger partial charge in [-0.25, -0.2) is 0 Å². The Hall–Kier alpha value is -6.78. The molecule has 4 heteroatoms. The number of para-hydroxylation sites is 1. The lowest BCUT2D eigenvalue weighted by Crippen LogP contribution is -2.61. The highest BCUT2D eigenvalue weighted by atomic mass is 16.3. The van der Waals surface area contributed by atoms with Gasteiger partial charge in [0.05, 0.1) is 11.0 Å². The van der Waals surface area contributed by atoms with Gasteiger partial charge in [0.15, 0.2) is 0 Å². The molecule has 0 saturated heterocycles. The minimum Gasteiger partial charge on any atom is -0.455 e. The molecule has 8 aromatic carbocycles. The van der Waals surface area contributed by atoms with Crippen LogP contribution in [0.15, 0.2) is 168 Å². The minimum absolute atomic E-state index is 0.0824. The molecule has 10 aliphatic rings. The van der Waals surface area contributed by atoms with Crippen molar-refractivity contribution in [2.75, 3.05) is 4.81 Å². The Labute approximate surface area is 422 Å². The van der Waals surface area contributed by atoms with Crippen molar-refractivity contribution in [1.82, 2.24) is 4.57 Å². The van der Waals surface area contributed by atoms with E-state index in [1.54, 1.807) is 11.1 Å². The van der Waals surface area contributed by atoms with E-state index >= 15 is 0 Å². The average molecular weight is 929 g/mol. The lowest BCUT2D eigenvalue weighted by atomic mass is 9.42. The van der Waals surface area contributed by atoms with Crippen LogP contribution in [0.1, 0.15) is 88.2 Å². The summed E-state index contributed by atoms with van der Waals surface area (Å²) in [5, 5.41) is 5.33. The first kappa shape index (κ1) is 39.8. The van der Waals surface area contributed by atoms with Gasteiger partial charge in [0.1, 0.15) is 11.2 Å². The Morgan fingerprint density at radius 3 is 1.68 bits per heavy atom. The van der Waals surface area contributed by atoms with E-state index in [-0.39, 0.29) is 12.3 Å². The van der Waals surface area contributed by atoms with Gasteiger partial charge in [-0.3, -0.25) is 0 Å². The van der Waals surface area contributed by atoms with Gasteiger partial charge in [-0.05, 0) is 222 Å². The van der Waals surface area contributed by atoms with Crippen LogP contribution in [0.5, 0.6) is 0 Å². The summed E-state index contributed by atoms with van der Waals surface area (Å²) in [5.74, 6) is 5.30. The van der Waals surface area contributed by atoms with E-state index in [1.807, 2.05) is 0 Å². The molecular formula is C68H57BN2O. The van der Waals surface area contributed by atoms with E-state index in [4.69, 9.17) is 4.42 Å². The molecule has 8 saturated carbocycles. The van der Waals surface area contributed by atoms with Crippen molar-refractivity contribution in [3.05, 3.63) is 175 Å². The third kappa shape index (κ3) is 5.33. The van der Waals surface area contributed by atoms with Gasteiger partial charge < -0.3 is 13.8 Å². The van der Waals surface area contributed by atoms with Crippen LogP contribution in [0, 0.1) is 35.5 Å². The summed E-state index contributed by atoms with van der Waals surface area (Å²) in [6, 6.07) is 63.5. The Bertz CT molecular complexity index is 3880. The lowest BCUT2D eigenvalue weighted by molar-refractivity contribution is -0.00526. The zero-order chi connectivity index (χ0) is 46.6. The van der Waals surface area contributed by atoms with Crippen LogP contribution >= 0.6 is 0 Å².